The lowest BCUT2D eigenvalue weighted by Gasteiger charge is -2.34. The standard InChI is InChI=1S/C19H21ClFN3O3S/c20-18-5-2-1-4-16(18)13-23-10-3-11-24(28(23,26)27)14-19(25)22-12-15-6-8-17(21)9-7-15/h1-2,4-9H,3,10-14H2,(H,22,25). The fourth-order valence-electron chi connectivity index (χ4n) is 2.97. The van der Waals surface area contributed by atoms with E-state index in [0.29, 0.717) is 18.0 Å². The predicted molar refractivity (Wildman–Crippen MR) is 105 cm³/mol. The molecule has 1 amide bonds. The van der Waals surface area contributed by atoms with Gasteiger partial charge < -0.3 is 5.32 Å². The van der Waals surface area contributed by atoms with Crippen LogP contribution >= 0.6 is 11.6 Å². The maximum absolute atomic E-state index is 12.9. The van der Waals surface area contributed by atoms with Crippen LogP contribution in [-0.4, -0.2) is 42.6 Å². The van der Waals surface area contributed by atoms with Gasteiger partial charge in [-0.1, -0.05) is 41.9 Å². The molecule has 1 saturated heterocycles. The van der Waals surface area contributed by atoms with E-state index in [0.717, 1.165) is 11.1 Å². The van der Waals surface area contributed by atoms with Crippen LogP contribution in [0.2, 0.25) is 5.02 Å². The van der Waals surface area contributed by atoms with E-state index in [1.54, 1.807) is 36.4 Å². The Morgan fingerprint density at radius 3 is 2.46 bits per heavy atom. The van der Waals surface area contributed by atoms with Crippen LogP contribution in [0.15, 0.2) is 48.5 Å². The van der Waals surface area contributed by atoms with E-state index in [-0.39, 0.29) is 32.0 Å². The molecule has 2 aromatic rings. The summed E-state index contributed by atoms with van der Waals surface area (Å²) in [7, 11) is -3.77. The van der Waals surface area contributed by atoms with Crippen LogP contribution < -0.4 is 5.32 Å². The third-order valence-corrected chi connectivity index (χ3v) is 6.79. The van der Waals surface area contributed by atoms with E-state index >= 15 is 0 Å². The average Bonchev–Trinajstić information content (AvgIpc) is 2.66. The molecule has 3 rings (SSSR count). The fraction of sp³-hybridized carbons (Fsp3) is 0.316. The third-order valence-electron chi connectivity index (χ3n) is 4.50. The Balaban J connectivity index is 1.60. The number of hydrogen-bond acceptors (Lipinski definition) is 3. The highest BCUT2D eigenvalue weighted by Gasteiger charge is 2.34. The molecule has 0 bridgehead atoms. The van der Waals surface area contributed by atoms with Crippen molar-refractivity contribution in [2.24, 2.45) is 0 Å². The number of benzene rings is 2. The monoisotopic (exact) mass is 425 g/mol. The van der Waals surface area contributed by atoms with Crippen molar-refractivity contribution in [1.29, 1.82) is 0 Å². The van der Waals surface area contributed by atoms with Crippen LogP contribution in [0.25, 0.3) is 0 Å². The lowest BCUT2D eigenvalue weighted by molar-refractivity contribution is -0.121. The molecule has 9 heteroatoms. The van der Waals surface area contributed by atoms with Crippen molar-refractivity contribution >= 4 is 27.7 Å². The Hall–Kier alpha value is -2.00. The summed E-state index contributed by atoms with van der Waals surface area (Å²) in [5, 5.41) is 3.18. The number of carbonyl (C=O) groups is 1. The van der Waals surface area contributed by atoms with Crippen molar-refractivity contribution in [2.75, 3.05) is 19.6 Å². The highest BCUT2D eigenvalue weighted by Crippen LogP contribution is 2.23. The molecule has 0 aromatic heterocycles. The van der Waals surface area contributed by atoms with Crippen molar-refractivity contribution in [3.63, 3.8) is 0 Å². The van der Waals surface area contributed by atoms with Gasteiger partial charge >= 0.3 is 0 Å². The minimum absolute atomic E-state index is 0.162. The van der Waals surface area contributed by atoms with Gasteiger partial charge in [-0.3, -0.25) is 4.79 Å². The SMILES string of the molecule is O=C(CN1CCCN(Cc2ccccc2Cl)S1(=O)=O)NCc1ccc(F)cc1. The van der Waals surface area contributed by atoms with Crippen LogP contribution in [0.1, 0.15) is 17.5 Å². The predicted octanol–water partition coefficient (Wildman–Crippen LogP) is 2.55. The Morgan fingerprint density at radius 2 is 1.75 bits per heavy atom. The van der Waals surface area contributed by atoms with Gasteiger partial charge in [0.25, 0.3) is 10.2 Å². The zero-order chi connectivity index (χ0) is 20.1. The molecule has 1 heterocycles. The number of amides is 1. The summed E-state index contributed by atoms with van der Waals surface area (Å²) < 4.78 is 41.2. The van der Waals surface area contributed by atoms with Gasteiger partial charge in [0.15, 0.2) is 0 Å². The van der Waals surface area contributed by atoms with Crippen LogP contribution in [0.3, 0.4) is 0 Å². The quantitative estimate of drug-likeness (QED) is 0.773. The van der Waals surface area contributed by atoms with Crippen molar-refractivity contribution in [1.82, 2.24) is 13.9 Å². The van der Waals surface area contributed by atoms with Gasteiger partial charge in [0.05, 0.1) is 6.54 Å². The fourth-order valence-corrected chi connectivity index (χ4v) is 4.80. The van der Waals surface area contributed by atoms with E-state index in [2.05, 4.69) is 5.32 Å². The van der Waals surface area contributed by atoms with E-state index in [1.165, 1.54) is 20.7 Å². The summed E-state index contributed by atoms with van der Waals surface area (Å²) in [5.74, 6) is -0.763. The van der Waals surface area contributed by atoms with Gasteiger partial charge in [-0.15, -0.1) is 0 Å². The van der Waals surface area contributed by atoms with Gasteiger partial charge in [0, 0.05) is 31.2 Å². The molecule has 0 spiro atoms. The average molecular weight is 426 g/mol. The van der Waals surface area contributed by atoms with Crippen molar-refractivity contribution in [3.05, 3.63) is 70.5 Å². The molecule has 1 N–H and O–H groups in total. The van der Waals surface area contributed by atoms with E-state index < -0.39 is 16.1 Å². The second-order valence-electron chi connectivity index (χ2n) is 6.52. The summed E-state index contributed by atoms with van der Waals surface area (Å²) in [4.78, 5) is 12.2. The molecule has 150 valence electrons. The van der Waals surface area contributed by atoms with Gasteiger partial charge in [0.2, 0.25) is 5.91 Å². The molecule has 1 aliphatic rings. The number of nitrogens with one attached hydrogen (secondary N) is 1. The third kappa shape index (κ3) is 5.08. The van der Waals surface area contributed by atoms with Gasteiger partial charge in [-0.25, -0.2) is 4.39 Å². The maximum Gasteiger partial charge on any atom is 0.282 e. The van der Waals surface area contributed by atoms with Gasteiger partial charge in [0.1, 0.15) is 5.82 Å². The summed E-state index contributed by atoms with van der Waals surface area (Å²) in [6.45, 7) is 0.765. The first-order chi connectivity index (χ1) is 13.4. The molecular formula is C19H21ClFN3O3S. The summed E-state index contributed by atoms with van der Waals surface area (Å²) in [6, 6.07) is 12.8. The molecule has 1 aliphatic heterocycles. The van der Waals surface area contributed by atoms with E-state index in [1.807, 2.05) is 0 Å². The first-order valence-corrected chi connectivity index (χ1v) is 10.6. The molecule has 0 unspecified atom stereocenters. The summed E-state index contributed by atoms with van der Waals surface area (Å²) in [6.07, 6.45) is 0.620. The Morgan fingerprint density at radius 1 is 1.07 bits per heavy atom. The van der Waals surface area contributed by atoms with Crippen molar-refractivity contribution < 1.29 is 17.6 Å². The second kappa shape index (κ2) is 9.00. The smallest absolute Gasteiger partial charge is 0.282 e. The molecule has 0 saturated carbocycles. The van der Waals surface area contributed by atoms with Gasteiger partial charge in [-0.2, -0.15) is 17.0 Å². The Kier molecular flexibility index (Phi) is 6.66. The van der Waals surface area contributed by atoms with Crippen LogP contribution in [0.4, 0.5) is 4.39 Å². The van der Waals surface area contributed by atoms with E-state index in [4.69, 9.17) is 11.6 Å². The highest BCUT2D eigenvalue weighted by atomic mass is 35.5. The molecule has 1 fully saturated rings. The number of nitrogens with zero attached hydrogens (tertiary/aromatic N) is 2. The lowest BCUT2D eigenvalue weighted by Crippen LogP contribution is -2.52. The number of carbonyl (C=O) groups excluding carboxylic acids is 1. The van der Waals surface area contributed by atoms with Gasteiger partial charge in [-0.05, 0) is 35.7 Å². The lowest BCUT2D eigenvalue weighted by atomic mass is 10.2. The Bertz CT molecular complexity index is 938. The molecule has 6 nitrogen and oxygen atoms in total. The summed E-state index contributed by atoms with van der Waals surface area (Å²) in [5.41, 5.74) is 1.45. The zero-order valence-corrected chi connectivity index (χ0v) is 16.7. The van der Waals surface area contributed by atoms with Crippen LogP contribution in [-0.2, 0) is 28.1 Å². The number of hydrogen-bond donors (Lipinski definition) is 1. The molecule has 2 aromatic carbocycles. The second-order valence-corrected chi connectivity index (χ2v) is 8.86. The molecular weight excluding hydrogens is 405 g/mol. The first kappa shape index (κ1) is 20.7. The van der Waals surface area contributed by atoms with Crippen LogP contribution in [0, 0.1) is 5.82 Å². The van der Waals surface area contributed by atoms with Crippen molar-refractivity contribution in [2.45, 2.75) is 19.5 Å². The maximum atomic E-state index is 12.9. The first-order valence-electron chi connectivity index (χ1n) is 8.86. The summed E-state index contributed by atoms with van der Waals surface area (Å²) >= 11 is 6.14. The molecule has 0 aliphatic carbocycles. The minimum atomic E-state index is -3.77. The minimum Gasteiger partial charge on any atom is -0.351 e. The molecule has 0 radical (unpaired) electrons. The largest absolute Gasteiger partial charge is 0.351 e. The Labute approximate surface area is 169 Å². The highest BCUT2D eigenvalue weighted by molar-refractivity contribution is 7.86. The number of halogens is 2. The van der Waals surface area contributed by atoms with E-state index in [9.17, 15) is 17.6 Å². The van der Waals surface area contributed by atoms with Crippen LogP contribution in [0.5, 0.6) is 0 Å². The normalized spacial score (nSPS) is 17.4. The molecule has 0 atom stereocenters. The topological polar surface area (TPSA) is 69.7 Å². The van der Waals surface area contributed by atoms with Crippen molar-refractivity contribution in [3.8, 4) is 0 Å². The number of rotatable bonds is 6. The zero-order valence-electron chi connectivity index (χ0n) is 15.1. The molecule has 28 heavy (non-hydrogen) atoms.